The van der Waals surface area contributed by atoms with E-state index in [-0.39, 0.29) is 11.8 Å². The molecule has 1 heterocycles. The van der Waals surface area contributed by atoms with Gasteiger partial charge in [0.25, 0.3) is 11.8 Å². The van der Waals surface area contributed by atoms with Crippen molar-refractivity contribution < 1.29 is 9.59 Å². The van der Waals surface area contributed by atoms with E-state index in [9.17, 15) is 9.59 Å². The number of imide groups is 1. The van der Waals surface area contributed by atoms with Gasteiger partial charge in [-0.05, 0) is 37.1 Å². The molecule has 86 valence electrons. The summed E-state index contributed by atoms with van der Waals surface area (Å²) in [5.74, 6) is -0.588. The highest BCUT2D eigenvalue weighted by molar-refractivity contribution is 6.28. The van der Waals surface area contributed by atoms with Gasteiger partial charge in [0.05, 0.1) is 5.69 Å². The maximum absolute atomic E-state index is 11.5. The number of aryl methyl sites for hydroxylation is 1. The van der Waals surface area contributed by atoms with E-state index in [2.05, 4.69) is 6.58 Å². The topological polar surface area (TPSA) is 37.4 Å². The number of hydrogen-bond donors (Lipinski definition) is 0. The molecule has 3 heteroatoms. The van der Waals surface area contributed by atoms with Gasteiger partial charge in [0.15, 0.2) is 0 Å². The fourth-order valence-electron chi connectivity index (χ4n) is 1.92. The molecule has 3 nitrogen and oxygen atoms in total. The quantitative estimate of drug-likeness (QED) is 0.728. The Morgan fingerprint density at radius 3 is 2.24 bits per heavy atom. The van der Waals surface area contributed by atoms with Crippen molar-refractivity contribution in [2.45, 2.75) is 13.8 Å². The molecular formula is C14H13NO2. The van der Waals surface area contributed by atoms with Gasteiger partial charge in [-0.25, -0.2) is 4.90 Å². The third-order valence-electron chi connectivity index (χ3n) is 2.74. The molecule has 17 heavy (non-hydrogen) atoms. The lowest BCUT2D eigenvalue weighted by atomic mass is 10.0. The van der Waals surface area contributed by atoms with Crippen molar-refractivity contribution >= 4 is 23.1 Å². The van der Waals surface area contributed by atoms with Gasteiger partial charge < -0.3 is 0 Å². The first-order chi connectivity index (χ1) is 8.00. The predicted octanol–water partition coefficient (Wildman–Crippen LogP) is 2.46. The smallest absolute Gasteiger partial charge is 0.258 e. The molecule has 0 atom stereocenters. The summed E-state index contributed by atoms with van der Waals surface area (Å²) >= 11 is 0. The van der Waals surface area contributed by atoms with Crippen LogP contribution in [-0.4, -0.2) is 11.8 Å². The van der Waals surface area contributed by atoms with Crippen LogP contribution in [0.1, 0.15) is 18.1 Å². The maximum atomic E-state index is 11.5. The first kappa shape index (κ1) is 11.3. The van der Waals surface area contributed by atoms with E-state index in [0.29, 0.717) is 5.69 Å². The van der Waals surface area contributed by atoms with E-state index in [0.717, 1.165) is 21.6 Å². The van der Waals surface area contributed by atoms with E-state index >= 15 is 0 Å². The SMILES string of the molecule is C=C(C)c1ccc(N2C(=O)C=CC2=O)cc1C. The number of carbonyl (C=O) groups excluding carboxylic acids is 2. The largest absolute Gasteiger partial charge is 0.269 e. The van der Waals surface area contributed by atoms with E-state index in [4.69, 9.17) is 0 Å². The number of benzene rings is 1. The molecule has 1 aliphatic rings. The lowest BCUT2D eigenvalue weighted by Gasteiger charge is -2.16. The summed E-state index contributed by atoms with van der Waals surface area (Å²) in [4.78, 5) is 24.2. The van der Waals surface area contributed by atoms with Crippen LogP contribution >= 0.6 is 0 Å². The molecule has 0 saturated carbocycles. The Balaban J connectivity index is 2.42. The van der Waals surface area contributed by atoms with Crippen LogP contribution in [0.4, 0.5) is 5.69 Å². The van der Waals surface area contributed by atoms with Crippen LogP contribution in [0.25, 0.3) is 5.57 Å². The Morgan fingerprint density at radius 1 is 1.18 bits per heavy atom. The average Bonchev–Trinajstić information content (AvgIpc) is 2.58. The lowest BCUT2D eigenvalue weighted by Crippen LogP contribution is -2.29. The normalized spacial score (nSPS) is 14.6. The van der Waals surface area contributed by atoms with Crippen LogP contribution in [0, 0.1) is 6.92 Å². The van der Waals surface area contributed by atoms with E-state index in [1.807, 2.05) is 26.0 Å². The second kappa shape index (κ2) is 4.01. The Labute approximate surface area is 100 Å². The number of allylic oxidation sites excluding steroid dienone is 1. The molecule has 1 aliphatic heterocycles. The van der Waals surface area contributed by atoms with Crippen LogP contribution in [0.5, 0.6) is 0 Å². The first-order valence-corrected chi connectivity index (χ1v) is 5.33. The maximum Gasteiger partial charge on any atom is 0.258 e. The lowest BCUT2D eigenvalue weighted by molar-refractivity contribution is -0.119. The van der Waals surface area contributed by atoms with Crippen molar-refractivity contribution in [3.63, 3.8) is 0 Å². The van der Waals surface area contributed by atoms with Crippen molar-refractivity contribution in [3.05, 3.63) is 48.1 Å². The molecule has 0 spiro atoms. The molecule has 1 aromatic carbocycles. The molecule has 0 bridgehead atoms. The third kappa shape index (κ3) is 1.91. The minimum absolute atomic E-state index is 0.294. The van der Waals surface area contributed by atoms with Crippen LogP contribution in [0.2, 0.25) is 0 Å². The predicted molar refractivity (Wildman–Crippen MR) is 67.5 cm³/mol. The average molecular weight is 227 g/mol. The van der Waals surface area contributed by atoms with Crippen LogP contribution in [-0.2, 0) is 9.59 Å². The summed E-state index contributed by atoms with van der Waals surface area (Å²) in [7, 11) is 0. The Kier molecular flexibility index (Phi) is 2.68. The first-order valence-electron chi connectivity index (χ1n) is 5.33. The van der Waals surface area contributed by atoms with E-state index < -0.39 is 0 Å². The molecule has 0 saturated heterocycles. The van der Waals surface area contributed by atoms with Crippen LogP contribution in [0.15, 0.2) is 36.9 Å². The summed E-state index contributed by atoms with van der Waals surface area (Å²) in [6, 6.07) is 5.47. The Hall–Kier alpha value is -2.16. The molecule has 1 aromatic rings. The molecule has 0 fully saturated rings. The fraction of sp³-hybridized carbons (Fsp3) is 0.143. The van der Waals surface area contributed by atoms with Crippen LogP contribution < -0.4 is 4.90 Å². The summed E-state index contributed by atoms with van der Waals surface area (Å²) in [6.45, 7) is 7.75. The monoisotopic (exact) mass is 227 g/mol. The van der Waals surface area contributed by atoms with Gasteiger partial charge in [-0.1, -0.05) is 18.2 Å². The van der Waals surface area contributed by atoms with Crippen molar-refractivity contribution in [1.29, 1.82) is 0 Å². The fourth-order valence-corrected chi connectivity index (χ4v) is 1.92. The van der Waals surface area contributed by atoms with Gasteiger partial charge in [0.2, 0.25) is 0 Å². The standard InChI is InChI=1S/C14H13NO2/c1-9(2)12-5-4-11(8-10(12)3)15-13(16)6-7-14(15)17/h4-8H,1H2,2-3H3. The summed E-state index contributed by atoms with van der Waals surface area (Å²) in [6.07, 6.45) is 2.56. The highest BCUT2D eigenvalue weighted by Gasteiger charge is 2.25. The minimum atomic E-state index is -0.294. The zero-order valence-electron chi connectivity index (χ0n) is 9.86. The molecule has 2 amide bonds. The third-order valence-corrected chi connectivity index (χ3v) is 2.74. The van der Waals surface area contributed by atoms with Gasteiger partial charge in [0, 0.05) is 12.2 Å². The highest BCUT2D eigenvalue weighted by atomic mass is 16.2. The number of rotatable bonds is 2. The molecule has 0 aliphatic carbocycles. The summed E-state index contributed by atoms with van der Waals surface area (Å²) < 4.78 is 0. The van der Waals surface area contributed by atoms with Crippen molar-refractivity contribution in [3.8, 4) is 0 Å². The number of hydrogen-bond acceptors (Lipinski definition) is 2. The van der Waals surface area contributed by atoms with Gasteiger partial charge in [-0.3, -0.25) is 9.59 Å². The van der Waals surface area contributed by atoms with Crippen LogP contribution in [0.3, 0.4) is 0 Å². The number of amides is 2. The molecule has 0 N–H and O–H groups in total. The zero-order valence-corrected chi connectivity index (χ0v) is 9.86. The van der Waals surface area contributed by atoms with Gasteiger partial charge >= 0.3 is 0 Å². The molecule has 0 radical (unpaired) electrons. The van der Waals surface area contributed by atoms with Gasteiger partial charge in [0.1, 0.15) is 0 Å². The molecule has 0 aromatic heterocycles. The second-order valence-corrected chi connectivity index (χ2v) is 4.12. The van der Waals surface area contributed by atoms with Crippen molar-refractivity contribution in [1.82, 2.24) is 0 Å². The van der Waals surface area contributed by atoms with Gasteiger partial charge in [-0.2, -0.15) is 0 Å². The number of anilines is 1. The Morgan fingerprint density at radius 2 is 1.76 bits per heavy atom. The highest BCUT2D eigenvalue weighted by Crippen LogP contribution is 2.25. The van der Waals surface area contributed by atoms with E-state index in [1.165, 1.54) is 12.2 Å². The molecular weight excluding hydrogens is 214 g/mol. The van der Waals surface area contributed by atoms with Crippen molar-refractivity contribution in [2.24, 2.45) is 0 Å². The summed E-state index contributed by atoms with van der Waals surface area (Å²) in [5.41, 5.74) is 3.61. The van der Waals surface area contributed by atoms with Gasteiger partial charge in [-0.15, -0.1) is 0 Å². The minimum Gasteiger partial charge on any atom is -0.269 e. The summed E-state index contributed by atoms with van der Waals surface area (Å²) in [5, 5.41) is 0. The molecule has 2 rings (SSSR count). The second-order valence-electron chi connectivity index (χ2n) is 4.12. The number of nitrogens with zero attached hydrogens (tertiary/aromatic N) is 1. The Bertz CT molecular complexity index is 537. The van der Waals surface area contributed by atoms with E-state index in [1.54, 1.807) is 6.07 Å². The number of carbonyl (C=O) groups is 2. The van der Waals surface area contributed by atoms with Crippen molar-refractivity contribution in [2.75, 3.05) is 4.90 Å². The zero-order chi connectivity index (χ0) is 12.6. The molecule has 0 unspecified atom stereocenters.